The van der Waals surface area contributed by atoms with Crippen molar-refractivity contribution >= 4 is 87.1 Å². The highest BCUT2D eigenvalue weighted by atomic mass is 16.3. The first-order valence-electron chi connectivity index (χ1n) is 22.3. The molecular weight excluding hydrogens is 789 g/mol. The molecule has 11 aromatic carbocycles. The summed E-state index contributed by atoms with van der Waals surface area (Å²) in [7, 11) is 0. The van der Waals surface area contributed by atoms with Gasteiger partial charge in [0.1, 0.15) is 11.2 Å². The molecule has 0 aliphatic heterocycles. The molecule has 0 atom stereocenters. The van der Waals surface area contributed by atoms with Gasteiger partial charge in [-0.3, -0.25) is 0 Å². The highest BCUT2D eigenvalue weighted by Crippen LogP contribution is 2.47. The van der Waals surface area contributed by atoms with E-state index in [4.69, 9.17) is 4.42 Å². The zero-order chi connectivity index (χ0) is 42.6. The summed E-state index contributed by atoms with van der Waals surface area (Å²) in [6.45, 7) is 0. The number of rotatable bonds is 5. The minimum atomic E-state index is 0.906. The minimum absolute atomic E-state index is 0.906. The maximum atomic E-state index is 6.65. The molecule has 0 aliphatic carbocycles. The molecule has 0 fully saturated rings. The summed E-state index contributed by atoms with van der Waals surface area (Å²) in [6, 6.07) is 83.9. The molecule has 302 valence electrons. The van der Waals surface area contributed by atoms with Crippen LogP contribution in [0.1, 0.15) is 0 Å². The van der Waals surface area contributed by atoms with Crippen LogP contribution in [0.3, 0.4) is 0 Å². The summed E-state index contributed by atoms with van der Waals surface area (Å²) < 4.78 is 11.5. The van der Waals surface area contributed by atoms with E-state index in [1.165, 1.54) is 93.0 Å². The van der Waals surface area contributed by atoms with E-state index in [0.29, 0.717) is 0 Å². The Bertz CT molecular complexity index is 4180. The average Bonchev–Trinajstić information content (AvgIpc) is 4.04. The zero-order valence-electron chi connectivity index (χ0n) is 35.2. The molecule has 3 heterocycles. The Morgan fingerprint density at radius 3 is 1.40 bits per heavy atom. The second-order valence-corrected chi connectivity index (χ2v) is 17.1. The van der Waals surface area contributed by atoms with E-state index in [1.807, 2.05) is 6.07 Å². The van der Waals surface area contributed by atoms with Crippen molar-refractivity contribution in [2.24, 2.45) is 0 Å². The van der Waals surface area contributed by atoms with Crippen LogP contribution in [0.15, 0.2) is 235 Å². The Labute approximate surface area is 374 Å². The molecule has 3 heteroatoms. The highest BCUT2D eigenvalue weighted by Gasteiger charge is 2.22. The number of fused-ring (bicyclic) bond motifs is 12. The van der Waals surface area contributed by atoms with Crippen molar-refractivity contribution in [1.29, 1.82) is 0 Å². The summed E-state index contributed by atoms with van der Waals surface area (Å²) in [6.07, 6.45) is 0. The third kappa shape index (κ3) is 5.24. The lowest BCUT2D eigenvalue weighted by atomic mass is 9.85. The first-order chi connectivity index (χ1) is 32.3. The number of para-hydroxylation sites is 5. The Morgan fingerprint density at radius 2 is 0.738 bits per heavy atom. The molecule has 0 bridgehead atoms. The second kappa shape index (κ2) is 13.9. The van der Waals surface area contributed by atoms with Crippen LogP contribution >= 0.6 is 0 Å². The van der Waals surface area contributed by atoms with Crippen LogP contribution in [0.5, 0.6) is 0 Å². The van der Waals surface area contributed by atoms with E-state index in [9.17, 15) is 0 Å². The highest BCUT2D eigenvalue weighted by molar-refractivity contribution is 6.29. The summed E-state index contributed by atoms with van der Waals surface area (Å²) in [4.78, 5) is 0. The van der Waals surface area contributed by atoms with Gasteiger partial charge in [0.25, 0.3) is 0 Å². The molecule has 0 unspecified atom stereocenters. The van der Waals surface area contributed by atoms with Crippen molar-refractivity contribution in [3.8, 4) is 44.8 Å². The van der Waals surface area contributed by atoms with Crippen molar-refractivity contribution in [2.45, 2.75) is 0 Å². The predicted molar refractivity (Wildman–Crippen MR) is 274 cm³/mol. The summed E-state index contributed by atoms with van der Waals surface area (Å²) in [5, 5.41) is 12.2. The van der Waals surface area contributed by atoms with Crippen LogP contribution in [0.2, 0.25) is 0 Å². The molecule has 14 rings (SSSR count). The van der Waals surface area contributed by atoms with Gasteiger partial charge in [0.2, 0.25) is 0 Å². The molecule has 0 amide bonds. The lowest BCUT2D eigenvalue weighted by Crippen LogP contribution is -1.95. The number of nitrogens with zero attached hydrogens (tertiary/aromatic N) is 2. The van der Waals surface area contributed by atoms with Gasteiger partial charge in [-0.25, -0.2) is 0 Å². The van der Waals surface area contributed by atoms with Gasteiger partial charge >= 0.3 is 0 Å². The summed E-state index contributed by atoms with van der Waals surface area (Å²) in [5.41, 5.74) is 16.0. The van der Waals surface area contributed by atoms with E-state index >= 15 is 0 Å². The monoisotopic (exact) mass is 826 g/mol. The van der Waals surface area contributed by atoms with Crippen LogP contribution in [0, 0.1) is 0 Å². The molecule has 3 nitrogen and oxygen atoms in total. The van der Waals surface area contributed by atoms with Gasteiger partial charge in [0.05, 0.1) is 22.1 Å². The fraction of sp³-hybridized carbons (Fsp3) is 0. The number of hydrogen-bond donors (Lipinski definition) is 0. The van der Waals surface area contributed by atoms with Gasteiger partial charge in [0, 0.05) is 54.8 Å². The number of hydrogen-bond acceptors (Lipinski definition) is 1. The maximum Gasteiger partial charge on any atom is 0.143 e. The van der Waals surface area contributed by atoms with Crippen molar-refractivity contribution in [3.05, 3.63) is 231 Å². The number of aromatic nitrogens is 2. The van der Waals surface area contributed by atoms with Crippen molar-refractivity contribution < 1.29 is 4.42 Å². The Hall–Kier alpha value is -8.66. The fourth-order valence-corrected chi connectivity index (χ4v) is 11.0. The van der Waals surface area contributed by atoms with Crippen LogP contribution in [0.25, 0.3) is 132 Å². The third-order valence-electron chi connectivity index (χ3n) is 13.7. The quantitative estimate of drug-likeness (QED) is 0.159. The van der Waals surface area contributed by atoms with Gasteiger partial charge < -0.3 is 13.6 Å². The van der Waals surface area contributed by atoms with Gasteiger partial charge in [-0.05, 0) is 104 Å². The Balaban J connectivity index is 0.952. The third-order valence-corrected chi connectivity index (χ3v) is 13.7. The number of benzene rings is 11. The van der Waals surface area contributed by atoms with Crippen molar-refractivity contribution in [1.82, 2.24) is 9.13 Å². The summed E-state index contributed by atoms with van der Waals surface area (Å²) >= 11 is 0. The lowest BCUT2D eigenvalue weighted by molar-refractivity contribution is 0.670. The average molecular weight is 827 g/mol. The molecule has 65 heavy (non-hydrogen) atoms. The molecule has 0 radical (unpaired) electrons. The summed E-state index contributed by atoms with van der Waals surface area (Å²) in [5.74, 6) is 0. The molecule has 0 saturated heterocycles. The Morgan fingerprint density at radius 1 is 0.277 bits per heavy atom. The smallest absolute Gasteiger partial charge is 0.143 e. The predicted octanol–water partition coefficient (Wildman–Crippen LogP) is 17.1. The van der Waals surface area contributed by atoms with E-state index < -0.39 is 0 Å². The normalized spacial score (nSPS) is 12.0. The molecular formula is C62H38N2O. The van der Waals surface area contributed by atoms with E-state index in [2.05, 4.69) is 234 Å². The minimum Gasteiger partial charge on any atom is -0.455 e. The van der Waals surface area contributed by atoms with Gasteiger partial charge in [-0.15, -0.1) is 0 Å². The topological polar surface area (TPSA) is 23.0 Å². The molecule has 14 aromatic rings. The fourth-order valence-electron chi connectivity index (χ4n) is 11.0. The second-order valence-electron chi connectivity index (χ2n) is 17.1. The first kappa shape index (κ1) is 35.9. The van der Waals surface area contributed by atoms with E-state index in [-0.39, 0.29) is 0 Å². The van der Waals surface area contributed by atoms with E-state index in [1.54, 1.807) is 0 Å². The molecule has 0 N–H and O–H groups in total. The first-order valence-corrected chi connectivity index (χ1v) is 22.3. The van der Waals surface area contributed by atoms with E-state index in [0.717, 1.165) is 38.9 Å². The molecule has 0 aliphatic rings. The lowest BCUT2D eigenvalue weighted by Gasteiger charge is -2.18. The van der Waals surface area contributed by atoms with Crippen LogP contribution in [0.4, 0.5) is 0 Å². The van der Waals surface area contributed by atoms with Crippen LogP contribution < -0.4 is 0 Å². The molecule has 0 spiro atoms. The van der Waals surface area contributed by atoms with Gasteiger partial charge in [-0.1, -0.05) is 170 Å². The van der Waals surface area contributed by atoms with Crippen molar-refractivity contribution in [2.75, 3.05) is 0 Å². The maximum absolute atomic E-state index is 6.65. The molecule has 3 aromatic heterocycles. The zero-order valence-corrected chi connectivity index (χ0v) is 35.2. The standard InChI is InChI=1S/C62H38N2O/c1-2-20-42(21-3-1)63-53-32-11-8-28-50(53)60-55(63)35-36-56-61(60)51-29-9-12-33-54(51)64(56)43-22-15-18-40(38-43)39-17-14-19-41(37-39)58-45-24-4-6-26-47(45)59(48-27-7-5-25-46(48)58)52-31-16-30-49-44-23-10-13-34-57(44)65-62(49)52/h1-38H. The SMILES string of the molecule is c1ccc(-n2c3ccccc3c3c4c5ccccc5n(-c5cccc(-c6cccc(-c7c8ccccc8c(-c8cccc9c8oc8ccccc89)c8ccccc78)c6)c5)c4ccc32)cc1. The van der Waals surface area contributed by atoms with Crippen LogP contribution in [-0.2, 0) is 0 Å². The molecule has 0 saturated carbocycles. The Kier molecular flexibility index (Phi) is 7.69. The largest absolute Gasteiger partial charge is 0.455 e. The van der Waals surface area contributed by atoms with Crippen LogP contribution in [-0.4, -0.2) is 9.13 Å². The van der Waals surface area contributed by atoms with Gasteiger partial charge in [0.15, 0.2) is 0 Å². The van der Waals surface area contributed by atoms with Gasteiger partial charge in [-0.2, -0.15) is 0 Å². The number of furan rings is 1. The van der Waals surface area contributed by atoms with Crippen molar-refractivity contribution in [3.63, 3.8) is 0 Å².